The van der Waals surface area contributed by atoms with Crippen molar-refractivity contribution in [3.8, 4) is 40.1 Å². The van der Waals surface area contributed by atoms with E-state index < -0.39 is 12.7 Å². The Morgan fingerprint density at radius 3 is 2.41 bits per heavy atom. The van der Waals surface area contributed by atoms with Crippen molar-refractivity contribution in [2.24, 2.45) is 0 Å². The van der Waals surface area contributed by atoms with Gasteiger partial charge in [0.15, 0.2) is 0 Å². The Hall–Kier alpha value is -4.55. The number of aromatic nitrogens is 2. The number of oxazole rings is 1. The fraction of sp³-hybridized carbons (Fsp3) is 0.214. The lowest BCUT2D eigenvalue weighted by Gasteiger charge is -2.14. The lowest BCUT2D eigenvalue weighted by molar-refractivity contribution is 0.0536. The van der Waals surface area contributed by atoms with Gasteiger partial charge in [0.2, 0.25) is 11.6 Å². The zero-order valence-corrected chi connectivity index (χ0v) is 22.0. The van der Waals surface area contributed by atoms with Crippen LogP contribution in [0.25, 0.3) is 27.4 Å². The highest BCUT2D eigenvalue weighted by molar-refractivity contribution is 7.98. The Bertz CT molecular complexity index is 1540. The topological polar surface area (TPSA) is 152 Å². The number of rotatable bonds is 10. The molecule has 2 aromatic carbocycles. The van der Waals surface area contributed by atoms with E-state index in [9.17, 15) is 10.4 Å². The summed E-state index contributed by atoms with van der Waals surface area (Å²) in [6.45, 7) is 8.99. The fourth-order valence-corrected chi connectivity index (χ4v) is 4.69. The van der Waals surface area contributed by atoms with Crippen LogP contribution >= 0.6 is 11.8 Å². The number of anilines is 1. The van der Waals surface area contributed by atoms with E-state index in [1.165, 1.54) is 11.8 Å². The van der Waals surface area contributed by atoms with Gasteiger partial charge in [0.25, 0.3) is 0 Å². The second-order valence-corrected chi connectivity index (χ2v) is 9.30. The predicted molar refractivity (Wildman–Crippen MR) is 146 cm³/mol. The summed E-state index contributed by atoms with van der Waals surface area (Å²) < 4.78 is 16.5. The standard InChI is InChI=1S/C28H25N5O5S/c1-16-23(32-27(38-16)18-6-8-20(36-3)9-7-18)15-39-28-22(12-29)24(25(31-2)26(30)33-28)17-4-10-21(11-5-17)37-14-19(35)13-34/h4-11,19,34-35H,13-15H2,1,3H3,(H2,30,33)/t19-/m0/s1. The number of ether oxygens (including phenoxy) is 2. The van der Waals surface area contributed by atoms with Gasteiger partial charge in [-0.2, -0.15) is 5.26 Å². The predicted octanol–water partition coefficient (Wildman–Crippen LogP) is 4.75. The van der Waals surface area contributed by atoms with Crippen LogP contribution in [-0.4, -0.2) is 46.6 Å². The van der Waals surface area contributed by atoms with E-state index in [-0.39, 0.29) is 23.7 Å². The molecule has 0 spiro atoms. The highest BCUT2D eigenvalue weighted by atomic mass is 32.2. The van der Waals surface area contributed by atoms with E-state index in [1.54, 1.807) is 31.4 Å². The lowest BCUT2D eigenvalue weighted by atomic mass is 10.00. The van der Waals surface area contributed by atoms with Gasteiger partial charge in [0.05, 0.1) is 31.5 Å². The first kappa shape index (κ1) is 27.5. The minimum atomic E-state index is -0.996. The van der Waals surface area contributed by atoms with Crippen molar-refractivity contribution < 1.29 is 24.1 Å². The summed E-state index contributed by atoms with van der Waals surface area (Å²) in [5.74, 6) is 2.68. The summed E-state index contributed by atoms with van der Waals surface area (Å²) in [5, 5.41) is 28.9. The van der Waals surface area contributed by atoms with E-state index in [0.717, 1.165) is 11.3 Å². The monoisotopic (exact) mass is 543 g/mol. The SMILES string of the molecule is [C-]#[N+]c1c(N)nc(SCc2nc(-c3ccc(OC)cc3)oc2C)c(C#N)c1-c1ccc(OC[C@@H](O)CO)cc1. The van der Waals surface area contributed by atoms with E-state index in [0.29, 0.717) is 45.0 Å². The first-order valence-electron chi connectivity index (χ1n) is 11.7. The number of aliphatic hydroxyl groups excluding tert-OH is 2. The summed E-state index contributed by atoms with van der Waals surface area (Å²) in [6.07, 6.45) is -0.996. The van der Waals surface area contributed by atoms with Crippen molar-refractivity contribution in [1.29, 1.82) is 5.26 Å². The van der Waals surface area contributed by atoms with Gasteiger partial charge < -0.3 is 29.8 Å². The van der Waals surface area contributed by atoms with Crippen molar-refractivity contribution in [3.05, 3.63) is 77.0 Å². The maximum absolute atomic E-state index is 10.1. The third-order valence-electron chi connectivity index (χ3n) is 5.76. The molecule has 11 heteroatoms. The first-order valence-corrected chi connectivity index (χ1v) is 12.7. The third-order valence-corrected chi connectivity index (χ3v) is 6.75. The van der Waals surface area contributed by atoms with Crippen molar-refractivity contribution in [1.82, 2.24) is 9.97 Å². The molecule has 0 fully saturated rings. The van der Waals surface area contributed by atoms with Crippen molar-refractivity contribution >= 4 is 23.3 Å². The van der Waals surface area contributed by atoms with Gasteiger partial charge in [0, 0.05) is 16.9 Å². The minimum Gasteiger partial charge on any atom is -0.497 e. The molecule has 198 valence electrons. The van der Waals surface area contributed by atoms with Gasteiger partial charge in [-0.3, -0.25) is 0 Å². The average molecular weight is 544 g/mol. The van der Waals surface area contributed by atoms with Crippen molar-refractivity contribution in [3.63, 3.8) is 0 Å². The number of aryl methyl sites for hydroxylation is 1. The number of nitrogen functional groups attached to an aromatic ring is 1. The number of hydrogen-bond acceptors (Lipinski definition) is 10. The number of aliphatic hydroxyl groups is 2. The Morgan fingerprint density at radius 1 is 1.13 bits per heavy atom. The van der Waals surface area contributed by atoms with Crippen LogP contribution in [-0.2, 0) is 5.75 Å². The number of hydrogen-bond donors (Lipinski definition) is 3. The number of pyridine rings is 1. The first-order chi connectivity index (χ1) is 18.9. The number of nitrogens with zero attached hydrogens (tertiary/aromatic N) is 4. The molecular weight excluding hydrogens is 518 g/mol. The highest BCUT2D eigenvalue weighted by Crippen LogP contribution is 2.42. The van der Waals surface area contributed by atoms with Gasteiger partial charge in [-0.1, -0.05) is 23.9 Å². The molecule has 2 heterocycles. The van der Waals surface area contributed by atoms with Crippen molar-refractivity contribution in [2.75, 3.05) is 26.1 Å². The average Bonchev–Trinajstić information content (AvgIpc) is 3.34. The number of nitrogens with two attached hydrogens (primary N) is 1. The lowest BCUT2D eigenvalue weighted by Crippen LogP contribution is -2.21. The van der Waals surface area contributed by atoms with E-state index in [1.807, 2.05) is 31.2 Å². The molecule has 0 saturated heterocycles. The Morgan fingerprint density at radius 2 is 1.79 bits per heavy atom. The van der Waals surface area contributed by atoms with Gasteiger partial charge in [-0.25, -0.2) is 14.8 Å². The molecule has 0 aliphatic carbocycles. The molecule has 1 atom stereocenters. The van der Waals surface area contributed by atoms with Gasteiger partial charge >= 0.3 is 0 Å². The molecule has 4 rings (SSSR count). The minimum absolute atomic E-state index is 0.0173. The molecule has 0 radical (unpaired) electrons. The smallest absolute Gasteiger partial charge is 0.236 e. The Labute approximate surface area is 229 Å². The Kier molecular flexibility index (Phi) is 8.69. The third kappa shape index (κ3) is 6.13. The maximum Gasteiger partial charge on any atom is 0.236 e. The number of thioether (sulfide) groups is 1. The molecule has 10 nitrogen and oxygen atoms in total. The molecule has 4 N–H and O–H groups in total. The molecule has 0 saturated carbocycles. The molecular formula is C28H25N5O5S. The van der Waals surface area contributed by atoms with Crippen LogP contribution in [0.5, 0.6) is 11.5 Å². The Balaban J connectivity index is 1.61. The van der Waals surface area contributed by atoms with Crippen LogP contribution < -0.4 is 15.2 Å². The summed E-state index contributed by atoms with van der Waals surface area (Å²) in [4.78, 5) is 12.5. The molecule has 0 aliphatic rings. The quantitative estimate of drug-likeness (QED) is 0.189. The van der Waals surface area contributed by atoms with Crippen LogP contribution in [0.15, 0.2) is 58.0 Å². The molecule has 39 heavy (non-hydrogen) atoms. The molecule has 2 aromatic heterocycles. The molecule has 0 bridgehead atoms. The van der Waals surface area contributed by atoms with E-state index >= 15 is 0 Å². The van der Waals surface area contributed by atoms with Gasteiger partial charge in [0.1, 0.15) is 46.9 Å². The summed E-state index contributed by atoms with van der Waals surface area (Å²) >= 11 is 1.28. The molecule has 0 aliphatic heterocycles. The molecule has 0 unspecified atom stereocenters. The second kappa shape index (κ2) is 12.3. The van der Waals surface area contributed by atoms with Gasteiger partial charge in [-0.15, -0.1) is 0 Å². The number of methoxy groups -OCH3 is 1. The number of benzene rings is 2. The normalized spacial score (nSPS) is 11.4. The fourth-order valence-electron chi connectivity index (χ4n) is 3.69. The largest absolute Gasteiger partial charge is 0.497 e. The van der Waals surface area contributed by atoms with E-state index in [2.05, 4.69) is 20.9 Å². The molecule has 0 amide bonds. The summed E-state index contributed by atoms with van der Waals surface area (Å²) in [6, 6.07) is 16.3. The van der Waals surface area contributed by atoms with E-state index in [4.69, 9.17) is 31.3 Å². The maximum atomic E-state index is 10.1. The summed E-state index contributed by atoms with van der Waals surface area (Å²) in [5.41, 5.74) is 8.92. The highest BCUT2D eigenvalue weighted by Gasteiger charge is 2.22. The van der Waals surface area contributed by atoms with Crippen LogP contribution in [0, 0.1) is 24.8 Å². The molecule has 4 aromatic rings. The number of nitriles is 1. The van der Waals surface area contributed by atoms with Crippen molar-refractivity contribution in [2.45, 2.75) is 23.8 Å². The second-order valence-electron chi connectivity index (χ2n) is 8.34. The summed E-state index contributed by atoms with van der Waals surface area (Å²) in [7, 11) is 1.60. The van der Waals surface area contributed by atoms with Crippen LogP contribution in [0.4, 0.5) is 11.5 Å². The zero-order chi connectivity index (χ0) is 27.9. The van der Waals surface area contributed by atoms with Crippen LogP contribution in [0.2, 0.25) is 0 Å². The van der Waals surface area contributed by atoms with Gasteiger partial charge in [-0.05, 0) is 48.9 Å². The van der Waals surface area contributed by atoms with Crippen LogP contribution in [0.1, 0.15) is 17.0 Å². The zero-order valence-electron chi connectivity index (χ0n) is 21.2. The van der Waals surface area contributed by atoms with Crippen LogP contribution in [0.3, 0.4) is 0 Å².